The number of ether oxygens (including phenoxy) is 1. The highest BCUT2D eigenvalue weighted by molar-refractivity contribution is 7.92. The van der Waals surface area contributed by atoms with Crippen molar-refractivity contribution in [2.24, 2.45) is 0 Å². The van der Waals surface area contributed by atoms with Gasteiger partial charge in [-0.1, -0.05) is 30.3 Å². The van der Waals surface area contributed by atoms with Crippen LogP contribution in [0.2, 0.25) is 0 Å². The second-order valence-electron chi connectivity index (χ2n) is 7.70. The number of amides is 1. The first-order valence-corrected chi connectivity index (χ1v) is 12.0. The third-order valence-corrected chi connectivity index (χ3v) is 6.81. The number of anilines is 2. The quantitative estimate of drug-likeness (QED) is 0.361. The zero-order valence-corrected chi connectivity index (χ0v) is 19.7. The minimum absolute atomic E-state index is 0.0538. The van der Waals surface area contributed by atoms with Gasteiger partial charge in [-0.15, -0.1) is 0 Å². The number of aromatic nitrogens is 2. The summed E-state index contributed by atoms with van der Waals surface area (Å²) in [7, 11) is -2.59. The number of aromatic amines is 1. The normalized spacial score (nSPS) is 11.3. The molecule has 3 N–H and O–H groups in total. The number of aryl methyl sites for hydroxylation is 1. The van der Waals surface area contributed by atoms with Gasteiger partial charge in [0.25, 0.3) is 15.6 Å². The van der Waals surface area contributed by atoms with E-state index in [-0.39, 0.29) is 21.7 Å². The Kier molecular flexibility index (Phi) is 6.43. The van der Waals surface area contributed by atoms with Gasteiger partial charge in [0, 0.05) is 5.69 Å². The lowest BCUT2D eigenvalue weighted by Crippen LogP contribution is -2.38. The molecule has 1 heterocycles. The van der Waals surface area contributed by atoms with Crippen LogP contribution in [0.4, 0.5) is 11.4 Å². The number of fused-ring (bicyclic) bond motifs is 1. The van der Waals surface area contributed by atoms with E-state index in [0.717, 1.165) is 4.57 Å². The van der Waals surface area contributed by atoms with Gasteiger partial charge in [0.1, 0.15) is 12.3 Å². The summed E-state index contributed by atoms with van der Waals surface area (Å²) in [4.78, 5) is 40.1. The maximum absolute atomic E-state index is 13.1. The zero-order chi connectivity index (χ0) is 25.2. The van der Waals surface area contributed by atoms with Crippen molar-refractivity contribution in [2.45, 2.75) is 18.4 Å². The van der Waals surface area contributed by atoms with Crippen molar-refractivity contribution < 1.29 is 17.9 Å². The molecule has 0 aliphatic heterocycles. The van der Waals surface area contributed by atoms with Crippen molar-refractivity contribution in [2.75, 3.05) is 17.1 Å². The maximum Gasteiger partial charge on any atom is 0.329 e. The molecule has 3 aromatic carbocycles. The number of H-pyrrole nitrogens is 1. The summed E-state index contributed by atoms with van der Waals surface area (Å²) in [5.41, 5.74) is -0.0580. The van der Waals surface area contributed by atoms with Gasteiger partial charge in [0.2, 0.25) is 5.91 Å². The molecule has 0 fully saturated rings. The van der Waals surface area contributed by atoms with E-state index in [4.69, 9.17) is 4.74 Å². The van der Waals surface area contributed by atoms with Crippen LogP contribution < -0.4 is 26.0 Å². The lowest BCUT2D eigenvalue weighted by Gasteiger charge is -2.14. The van der Waals surface area contributed by atoms with Gasteiger partial charge in [-0.05, 0) is 48.9 Å². The first-order chi connectivity index (χ1) is 16.7. The minimum atomic E-state index is -4.02. The predicted molar refractivity (Wildman–Crippen MR) is 132 cm³/mol. The lowest BCUT2D eigenvalue weighted by molar-refractivity contribution is -0.116. The molecule has 0 saturated heterocycles. The van der Waals surface area contributed by atoms with E-state index in [1.54, 1.807) is 61.5 Å². The zero-order valence-electron chi connectivity index (χ0n) is 18.9. The maximum atomic E-state index is 13.1. The third kappa shape index (κ3) is 4.94. The number of nitrogens with one attached hydrogen (secondary N) is 3. The number of benzene rings is 3. The van der Waals surface area contributed by atoms with Crippen LogP contribution in [0.15, 0.2) is 81.2 Å². The molecule has 35 heavy (non-hydrogen) atoms. The monoisotopic (exact) mass is 494 g/mol. The summed E-state index contributed by atoms with van der Waals surface area (Å²) in [6.07, 6.45) is 0. The number of methoxy groups -OCH3 is 1. The van der Waals surface area contributed by atoms with E-state index in [1.165, 1.54) is 19.2 Å². The molecule has 180 valence electrons. The molecular weight excluding hydrogens is 472 g/mol. The molecule has 0 saturated carbocycles. The van der Waals surface area contributed by atoms with E-state index in [9.17, 15) is 22.8 Å². The number of hydrogen-bond donors (Lipinski definition) is 3. The molecule has 1 amide bonds. The standard InChI is InChI=1S/C24H22N4O6S/c1-15-11-12-16(13-21(15)35(32,33)27-19-9-5-6-10-20(19)34-2)25-22(29)14-28-23(30)17-7-3-4-8-18(17)26-24(28)31/h3-13,27H,14H2,1-2H3,(H,25,29)(H,26,31). The van der Waals surface area contributed by atoms with Gasteiger partial charge in [0.05, 0.1) is 28.6 Å². The van der Waals surface area contributed by atoms with Crippen molar-refractivity contribution in [1.29, 1.82) is 0 Å². The van der Waals surface area contributed by atoms with Crippen LogP contribution >= 0.6 is 0 Å². The van der Waals surface area contributed by atoms with E-state index >= 15 is 0 Å². The fraction of sp³-hybridized carbons (Fsp3) is 0.125. The molecule has 1 aromatic heterocycles. The van der Waals surface area contributed by atoms with Crippen LogP contribution in [-0.4, -0.2) is 31.0 Å². The van der Waals surface area contributed by atoms with Crippen LogP contribution in [0.25, 0.3) is 10.9 Å². The fourth-order valence-electron chi connectivity index (χ4n) is 3.58. The number of carbonyl (C=O) groups excluding carboxylic acids is 1. The summed E-state index contributed by atoms with van der Waals surface area (Å²) >= 11 is 0. The first kappa shape index (κ1) is 23.8. The lowest BCUT2D eigenvalue weighted by atomic mass is 10.2. The topological polar surface area (TPSA) is 139 Å². The minimum Gasteiger partial charge on any atom is -0.495 e. The Balaban J connectivity index is 1.59. The number of sulfonamides is 1. The van der Waals surface area contributed by atoms with Gasteiger partial charge in [-0.3, -0.25) is 18.9 Å². The number of hydrogen-bond acceptors (Lipinski definition) is 6. The molecule has 0 aliphatic carbocycles. The van der Waals surface area contributed by atoms with E-state index in [2.05, 4.69) is 15.0 Å². The van der Waals surface area contributed by atoms with Gasteiger partial charge < -0.3 is 15.0 Å². The Morgan fingerprint density at radius 2 is 1.74 bits per heavy atom. The molecular formula is C24H22N4O6S. The number of para-hydroxylation sites is 3. The number of nitrogens with zero attached hydrogens (tertiary/aromatic N) is 1. The summed E-state index contributed by atoms with van der Waals surface area (Å²) in [5, 5.41) is 2.82. The van der Waals surface area contributed by atoms with Crippen molar-refractivity contribution in [1.82, 2.24) is 9.55 Å². The molecule has 0 bridgehead atoms. The highest BCUT2D eigenvalue weighted by Crippen LogP contribution is 2.28. The molecule has 0 unspecified atom stereocenters. The summed E-state index contributed by atoms with van der Waals surface area (Å²) in [6.45, 7) is 1.07. The second-order valence-corrected chi connectivity index (χ2v) is 9.35. The van der Waals surface area contributed by atoms with Crippen LogP contribution in [0.1, 0.15) is 5.56 Å². The van der Waals surface area contributed by atoms with Gasteiger partial charge in [0.15, 0.2) is 0 Å². The first-order valence-electron chi connectivity index (χ1n) is 10.5. The number of carbonyl (C=O) groups is 1. The van der Waals surface area contributed by atoms with Crippen molar-refractivity contribution >= 4 is 38.2 Å². The van der Waals surface area contributed by atoms with E-state index in [1.807, 2.05) is 0 Å². The average molecular weight is 495 g/mol. The smallest absolute Gasteiger partial charge is 0.329 e. The highest BCUT2D eigenvalue weighted by atomic mass is 32.2. The molecule has 0 spiro atoms. The predicted octanol–water partition coefficient (Wildman–Crippen LogP) is 2.45. The van der Waals surface area contributed by atoms with E-state index in [0.29, 0.717) is 16.8 Å². The van der Waals surface area contributed by atoms with Gasteiger partial charge in [-0.25, -0.2) is 13.2 Å². The van der Waals surface area contributed by atoms with E-state index < -0.39 is 33.7 Å². The van der Waals surface area contributed by atoms with Crippen molar-refractivity contribution in [3.05, 3.63) is 93.1 Å². The number of rotatable bonds is 7. The Labute approximate surface area is 200 Å². The summed E-state index contributed by atoms with van der Waals surface area (Å²) in [5.74, 6) is -0.318. The van der Waals surface area contributed by atoms with Gasteiger partial charge >= 0.3 is 5.69 Å². The highest BCUT2D eigenvalue weighted by Gasteiger charge is 2.20. The summed E-state index contributed by atoms with van der Waals surface area (Å²) in [6, 6.07) is 17.4. The van der Waals surface area contributed by atoms with Gasteiger partial charge in [-0.2, -0.15) is 0 Å². The molecule has 4 rings (SSSR count). The van der Waals surface area contributed by atoms with Crippen LogP contribution in [-0.2, 0) is 21.4 Å². The Bertz CT molecular complexity index is 1660. The average Bonchev–Trinajstić information content (AvgIpc) is 2.83. The fourth-order valence-corrected chi connectivity index (χ4v) is 4.92. The van der Waals surface area contributed by atoms with Crippen LogP contribution in [0, 0.1) is 6.92 Å². The Hall–Kier alpha value is -4.38. The third-order valence-electron chi connectivity index (χ3n) is 5.30. The van der Waals surface area contributed by atoms with Crippen molar-refractivity contribution in [3.8, 4) is 5.75 Å². The molecule has 0 aliphatic rings. The van der Waals surface area contributed by atoms with Crippen molar-refractivity contribution in [3.63, 3.8) is 0 Å². The largest absolute Gasteiger partial charge is 0.495 e. The van der Waals surface area contributed by atoms with Crippen LogP contribution in [0.5, 0.6) is 5.75 Å². The second kappa shape index (κ2) is 9.47. The molecule has 11 heteroatoms. The SMILES string of the molecule is COc1ccccc1NS(=O)(=O)c1cc(NC(=O)Cn2c(=O)[nH]c3ccccc3c2=O)ccc1C. The molecule has 0 radical (unpaired) electrons. The molecule has 0 atom stereocenters. The van der Waals surface area contributed by atoms with Crippen LogP contribution in [0.3, 0.4) is 0 Å². The summed E-state index contributed by atoms with van der Waals surface area (Å²) < 4.78 is 34.6. The molecule has 4 aromatic rings. The molecule has 10 nitrogen and oxygen atoms in total. The Morgan fingerprint density at radius 3 is 2.51 bits per heavy atom. The Morgan fingerprint density at radius 1 is 1.03 bits per heavy atom.